The Bertz CT molecular complexity index is 249. The molecular formula is C14H27NO2. The molecule has 0 heterocycles. The Morgan fingerprint density at radius 3 is 2.24 bits per heavy atom. The summed E-state index contributed by atoms with van der Waals surface area (Å²) < 4.78 is 4.66. The van der Waals surface area contributed by atoms with Crippen molar-refractivity contribution < 1.29 is 9.53 Å². The van der Waals surface area contributed by atoms with Crippen LogP contribution in [-0.4, -0.2) is 19.1 Å². The van der Waals surface area contributed by atoms with E-state index in [1.165, 1.54) is 32.8 Å². The second-order valence-electron chi connectivity index (χ2n) is 6.45. The minimum Gasteiger partial charge on any atom is -0.468 e. The monoisotopic (exact) mass is 241 g/mol. The first-order valence-corrected chi connectivity index (χ1v) is 6.68. The van der Waals surface area contributed by atoms with Gasteiger partial charge in [0.2, 0.25) is 0 Å². The van der Waals surface area contributed by atoms with E-state index in [0.717, 1.165) is 12.3 Å². The van der Waals surface area contributed by atoms with Crippen molar-refractivity contribution in [2.24, 2.45) is 23.0 Å². The fraction of sp³-hybridized carbons (Fsp3) is 0.929. The van der Waals surface area contributed by atoms with Gasteiger partial charge in [0.25, 0.3) is 0 Å². The quantitative estimate of drug-likeness (QED) is 0.773. The third kappa shape index (κ3) is 4.30. The number of carbonyl (C=O) groups is 1. The van der Waals surface area contributed by atoms with E-state index in [4.69, 9.17) is 5.73 Å². The van der Waals surface area contributed by atoms with Crippen LogP contribution in [0.5, 0.6) is 0 Å². The summed E-state index contributed by atoms with van der Waals surface area (Å²) in [6.07, 6.45) is 5.72. The van der Waals surface area contributed by atoms with E-state index in [1.807, 2.05) is 0 Å². The molecule has 1 unspecified atom stereocenters. The zero-order chi connectivity index (χ0) is 13.1. The smallest absolute Gasteiger partial charge is 0.322 e. The number of methoxy groups -OCH3 is 1. The molecule has 1 aliphatic rings. The second-order valence-corrected chi connectivity index (χ2v) is 6.45. The van der Waals surface area contributed by atoms with Gasteiger partial charge in [0.15, 0.2) is 0 Å². The molecular weight excluding hydrogens is 214 g/mol. The van der Waals surface area contributed by atoms with Crippen LogP contribution in [-0.2, 0) is 9.53 Å². The van der Waals surface area contributed by atoms with Crippen LogP contribution in [0.15, 0.2) is 0 Å². The van der Waals surface area contributed by atoms with Crippen molar-refractivity contribution in [3.63, 3.8) is 0 Å². The topological polar surface area (TPSA) is 52.3 Å². The predicted molar refractivity (Wildman–Crippen MR) is 69.5 cm³/mol. The SMILES string of the molecule is COC(=O)C(N)CC1CCC(C(C)(C)C)CC1. The largest absolute Gasteiger partial charge is 0.468 e. The van der Waals surface area contributed by atoms with Gasteiger partial charge < -0.3 is 10.5 Å². The molecule has 3 nitrogen and oxygen atoms in total. The summed E-state index contributed by atoms with van der Waals surface area (Å²) in [5.41, 5.74) is 6.22. The van der Waals surface area contributed by atoms with Crippen molar-refractivity contribution in [2.75, 3.05) is 7.11 Å². The minimum atomic E-state index is -0.434. The van der Waals surface area contributed by atoms with Crippen molar-refractivity contribution in [1.29, 1.82) is 0 Å². The molecule has 1 saturated carbocycles. The van der Waals surface area contributed by atoms with Crippen LogP contribution in [0.3, 0.4) is 0 Å². The normalized spacial score (nSPS) is 27.6. The Balaban J connectivity index is 2.35. The van der Waals surface area contributed by atoms with Crippen LogP contribution < -0.4 is 5.73 Å². The molecule has 3 heteroatoms. The Hall–Kier alpha value is -0.570. The lowest BCUT2D eigenvalue weighted by Crippen LogP contribution is -2.35. The van der Waals surface area contributed by atoms with Gasteiger partial charge in [-0.15, -0.1) is 0 Å². The molecule has 0 radical (unpaired) electrons. The van der Waals surface area contributed by atoms with E-state index in [1.54, 1.807) is 0 Å². The Morgan fingerprint density at radius 2 is 1.82 bits per heavy atom. The first-order valence-electron chi connectivity index (χ1n) is 6.68. The maximum atomic E-state index is 11.3. The molecule has 1 rings (SSSR count). The van der Waals surface area contributed by atoms with E-state index in [2.05, 4.69) is 25.5 Å². The van der Waals surface area contributed by atoms with E-state index >= 15 is 0 Å². The predicted octanol–water partition coefficient (Wildman–Crippen LogP) is 2.73. The van der Waals surface area contributed by atoms with Gasteiger partial charge in [-0.1, -0.05) is 33.6 Å². The standard InChI is InChI=1S/C14H27NO2/c1-14(2,3)11-7-5-10(6-8-11)9-12(15)13(16)17-4/h10-12H,5-9,15H2,1-4H3. The highest BCUT2D eigenvalue weighted by Gasteiger charge is 2.31. The van der Waals surface area contributed by atoms with Gasteiger partial charge in [-0.05, 0) is 36.5 Å². The lowest BCUT2D eigenvalue weighted by Gasteiger charge is -2.37. The van der Waals surface area contributed by atoms with Crippen LogP contribution in [0.4, 0.5) is 0 Å². The highest BCUT2D eigenvalue weighted by Crippen LogP contribution is 2.40. The molecule has 0 aromatic heterocycles. The molecule has 0 aromatic carbocycles. The summed E-state index contributed by atoms with van der Waals surface area (Å²) in [6, 6.07) is -0.434. The Morgan fingerprint density at radius 1 is 1.29 bits per heavy atom. The zero-order valence-electron chi connectivity index (χ0n) is 11.7. The fourth-order valence-corrected chi connectivity index (χ4v) is 2.87. The first-order chi connectivity index (χ1) is 7.84. The average Bonchev–Trinajstić information content (AvgIpc) is 2.27. The van der Waals surface area contributed by atoms with Crippen LogP contribution in [0.25, 0.3) is 0 Å². The first kappa shape index (κ1) is 14.5. The van der Waals surface area contributed by atoms with Crippen LogP contribution in [0.2, 0.25) is 0 Å². The molecule has 0 spiro atoms. The second kappa shape index (κ2) is 5.85. The van der Waals surface area contributed by atoms with Crippen molar-refractivity contribution in [3.8, 4) is 0 Å². The maximum absolute atomic E-state index is 11.3. The van der Waals surface area contributed by atoms with Gasteiger partial charge in [-0.3, -0.25) is 4.79 Å². The van der Waals surface area contributed by atoms with Gasteiger partial charge in [-0.25, -0.2) is 0 Å². The molecule has 0 amide bonds. The van der Waals surface area contributed by atoms with Crippen LogP contribution in [0, 0.1) is 17.3 Å². The molecule has 0 aromatic rings. The summed E-state index contributed by atoms with van der Waals surface area (Å²) >= 11 is 0. The van der Waals surface area contributed by atoms with E-state index < -0.39 is 6.04 Å². The fourth-order valence-electron chi connectivity index (χ4n) is 2.87. The van der Waals surface area contributed by atoms with Crippen molar-refractivity contribution in [2.45, 2.75) is 58.9 Å². The molecule has 100 valence electrons. The van der Waals surface area contributed by atoms with Crippen molar-refractivity contribution >= 4 is 5.97 Å². The lowest BCUT2D eigenvalue weighted by molar-refractivity contribution is -0.142. The third-order valence-electron chi connectivity index (χ3n) is 4.16. The molecule has 0 bridgehead atoms. The lowest BCUT2D eigenvalue weighted by atomic mass is 9.69. The summed E-state index contributed by atoms with van der Waals surface area (Å²) in [5, 5.41) is 0. The van der Waals surface area contributed by atoms with Crippen molar-refractivity contribution in [1.82, 2.24) is 0 Å². The van der Waals surface area contributed by atoms with Crippen LogP contribution in [0.1, 0.15) is 52.9 Å². The third-order valence-corrected chi connectivity index (χ3v) is 4.16. The summed E-state index contributed by atoms with van der Waals surface area (Å²) in [6.45, 7) is 6.95. The van der Waals surface area contributed by atoms with Gasteiger partial charge in [0.05, 0.1) is 7.11 Å². The summed E-state index contributed by atoms with van der Waals surface area (Å²) in [5.74, 6) is 1.14. The van der Waals surface area contributed by atoms with Crippen LogP contribution >= 0.6 is 0 Å². The molecule has 0 aliphatic heterocycles. The molecule has 17 heavy (non-hydrogen) atoms. The maximum Gasteiger partial charge on any atom is 0.322 e. The Labute approximate surface area is 105 Å². The number of carbonyl (C=O) groups excluding carboxylic acids is 1. The highest BCUT2D eigenvalue weighted by atomic mass is 16.5. The number of nitrogens with two attached hydrogens (primary N) is 1. The highest BCUT2D eigenvalue weighted by molar-refractivity contribution is 5.75. The molecule has 1 aliphatic carbocycles. The minimum absolute atomic E-state index is 0.275. The number of hydrogen-bond acceptors (Lipinski definition) is 3. The molecule has 1 fully saturated rings. The van der Waals surface area contributed by atoms with Crippen molar-refractivity contribution in [3.05, 3.63) is 0 Å². The average molecular weight is 241 g/mol. The zero-order valence-corrected chi connectivity index (χ0v) is 11.7. The summed E-state index contributed by atoms with van der Waals surface area (Å²) in [4.78, 5) is 11.3. The number of hydrogen-bond donors (Lipinski definition) is 1. The van der Waals surface area contributed by atoms with Gasteiger partial charge in [-0.2, -0.15) is 0 Å². The summed E-state index contributed by atoms with van der Waals surface area (Å²) in [7, 11) is 1.40. The van der Waals surface area contributed by atoms with E-state index in [0.29, 0.717) is 11.3 Å². The molecule has 0 saturated heterocycles. The van der Waals surface area contributed by atoms with E-state index in [-0.39, 0.29) is 5.97 Å². The number of rotatable bonds is 3. The van der Waals surface area contributed by atoms with Gasteiger partial charge in [0, 0.05) is 0 Å². The van der Waals surface area contributed by atoms with Gasteiger partial charge >= 0.3 is 5.97 Å². The Kier molecular flexibility index (Phi) is 4.99. The number of esters is 1. The molecule has 2 N–H and O–H groups in total. The number of ether oxygens (including phenoxy) is 1. The molecule has 1 atom stereocenters. The van der Waals surface area contributed by atoms with Gasteiger partial charge in [0.1, 0.15) is 6.04 Å². The van der Waals surface area contributed by atoms with E-state index in [9.17, 15) is 4.79 Å².